The molecule has 0 spiro atoms. The van der Waals surface area contributed by atoms with Gasteiger partial charge in [0.2, 0.25) is 10.0 Å². The largest absolute Gasteiger partial charge is 0.468 e. The Morgan fingerprint density at radius 1 is 1.25 bits per heavy atom. The fourth-order valence-electron chi connectivity index (χ4n) is 4.02. The number of fused-ring (bicyclic) bond motifs is 1. The Kier molecular flexibility index (Phi) is 7.96. The number of aromatic nitrogens is 1. The number of esters is 1. The maximum absolute atomic E-state index is 13.0. The van der Waals surface area contributed by atoms with E-state index in [4.69, 9.17) is 21.1 Å². The molecule has 1 aliphatic heterocycles. The molecule has 2 aromatic carbocycles. The molecule has 0 aliphatic carbocycles. The molecule has 1 fully saturated rings. The molecule has 2 heterocycles. The molecule has 0 bridgehead atoms. The molecule has 1 aromatic heterocycles. The van der Waals surface area contributed by atoms with Crippen LogP contribution in [-0.4, -0.2) is 62.6 Å². The molecule has 192 valence electrons. The lowest BCUT2D eigenvalue weighted by atomic mass is 10.2. The lowest BCUT2D eigenvalue weighted by molar-refractivity contribution is -0.141. The zero-order valence-corrected chi connectivity index (χ0v) is 22.5. The van der Waals surface area contributed by atoms with Crippen molar-refractivity contribution in [3.63, 3.8) is 0 Å². The van der Waals surface area contributed by atoms with Gasteiger partial charge in [-0.15, -0.1) is 0 Å². The number of aryl methyl sites for hydroxylation is 1. The second kappa shape index (κ2) is 10.8. The van der Waals surface area contributed by atoms with Crippen molar-refractivity contribution < 1.29 is 27.5 Å². The third-order valence-corrected chi connectivity index (χ3v) is 9.36. The van der Waals surface area contributed by atoms with Crippen LogP contribution in [0.4, 0.5) is 0 Å². The van der Waals surface area contributed by atoms with Gasteiger partial charge in [0, 0.05) is 25.8 Å². The van der Waals surface area contributed by atoms with Crippen LogP contribution >= 0.6 is 22.9 Å². The Balaban J connectivity index is 1.65. The van der Waals surface area contributed by atoms with Crippen LogP contribution in [0.25, 0.3) is 10.2 Å². The highest BCUT2D eigenvalue weighted by atomic mass is 35.5. The summed E-state index contributed by atoms with van der Waals surface area (Å²) in [5, 5.41) is 0.481. The first-order chi connectivity index (χ1) is 17.1. The summed E-state index contributed by atoms with van der Waals surface area (Å²) in [6, 6.07) is 9.20. The Morgan fingerprint density at radius 3 is 2.61 bits per heavy atom. The fraction of sp³-hybridized carbons (Fsp3) is 0.375. The Labute approximate surface area is 218 Å². The van der Waals surface area contributed by atoms with Crippen molar-refractivity contribution in [1.29, 1.82) is 0 Å². The number of methoxy groups -OCH3 is 1. The summed E-state index contributed by atoms with van der Waals surface area (Å²) in [7, 11) is -0.936. The molecular formula is C24H26ClN3O6S2. The normalized spacial score (nSPS) is 16.7. The molecule has 1 saturated heterocycles. The minimum absolute atomic E-state index is 0.0737. The molecule has 9 nitrogen and oxygen atoms in total. The first-order valence-electron chi connectivity index (χ1n) is 11.2. The summed E-state index contributed by atoms with van der Waals surface area (Å²) in [6.07, 6.45) is 1.64. The standard InChI is InChI=1S/C24H26ClN3O6S2/c1-15-6-11-19(25)22-21(15)28(14-20(29)33-3)24(35-22)26-23(30)16-7-9-18(10-8-16)36(31,32)27(2)13-17-5-4-12-34-17/h6-11,17H,4-5,12-14H2,1-3H3. The van der Waals surface area contributed by atoms with Gasteiger partial charge in [-0.1, -0.05) is 29.0 Å². The summed E-state index contributed by atoms with van der Waals surface area (Å²) >= 11 is 7.55. The van der Waals surface area contributed by atoms with Crippen LogP contribution in [0.1, 0.15) is 28.8 Å². The number of nitrogens with zero attached hydrogens (tertiary/aromatic N) is 3. The Hall–Kier alpha value is -2.57. The average molecular weight is 552 g/mol. The van der Waals surface area contributed by atoms with E-state index in [1.165, 1.54) is 54.1 Å². The van der Waals surface area contributed by atoms with E-state index in [1.807, 2.05) is 13.0 Å². The molecular weight excluding hydrogens is 526 g/mol. The minimum Gasteiger partial charge on any atom is -0.468 e. The lowest BCUT2D eigenvalue weighted by Gasteiger charge is -2.20. The monoisotopic (exact) mass is 551 g/mol. The van der Waals surface area contributed by atoms with E-state index in [0.717, 1.165) is 18.4 Å². The lowest BCUT2D eigenvalue weighted by Crippen LogP contribution is -2.34. The number of hydrogen-bond acceptors (Lipinski definition) is 7. The molecule has 1 unspecified atom stereocenters. The quantitative estimate of drug-likeness (QED) is 0.417. The highest BCUT2D eigenvalue weighted by Gasteiger charge is 2.26. The van der Waals surface area contributed by atoms with Gasteiger partial charge in [-0.25, -0.2) is 8.42 Å². The number of sulfonamides is 1. The van der Waals surface area contributed by atoms with Crippen molar-refractivity contribution in [3.05, 3.63) is 57.3 Å². The molecule has 0 N–H and O–H groups in total. The van der Waals surface area contributed by atoms with Crippen LogP contribution < -0.4 is 4.80 Å². The zero-order chi connectivity index (χ0) is 26.0. The van der Waals surface area contributed by atoms with Crippen LogP contribution in [0.15, 0.2) is 46.3 Å². The van der Waals surface area contributed by atoms with E-state index in [-0.39, 0.29) is 34.5 Å². The first-order valence-corrected chi connectivity index (χ1v) is 13.9. The molecule has 1 amide bonds. The van der Waals surface area contributed by atoms with Crippen LogP contribution in [0, 0.1) is 6.92 Å². The molecule has 1 atom stereocenters. The second-order valence-electron chi connectivity index (χ2n) is 8.45. The van der Waals surface area contributed by atoms with E-state index >= 15 is 0 Å². The first kappa shape index (κ1) is 26.5. The molecule has 4 rings (SSSR count). The van der Waals surface area contributed by atoms with Crippen molar-refractivity contribution in [2.45, 2.75) is 37.3 Å². The van der Waals surface area contributed by atoms with Crippen LogP contribution in [0.3, 0.4) is 0 Å². The topological polar surface area (TPSA) is 107 Å². The smallest absolute Gasteiger partial charge is 0.325 e. The summed E-state index contributed by atoms with van der Waals surface area (Å²) in [5.41, 5.74) is 1.77. The van der Waals surface area contributed by atoms with E-state index < -0.39 is 21.9 Å². The molecule has 0 radical (unpaired) electrons. The zero-order valence-electron chi connectivity index (χ0n) is 20.1. The fourth-order valence-corrected chi connectivity index (χ4v) is 6.60. The third-order valence-electron chi connectivity index (χ3n) is 5.99. The number of amides is 1. The number of thiazole rings is 1. The Bertz CT molecular complexity index is 1470. The van der Waals surface area contributed by atoms with Crippen LogP contribution in [-0.2, 0) is 30.8 Å². The van der Waals surface area contributed by atoms with E-state index in [0.29, 0.717) is 21.8 Å². The second-order valence-corrected chi connectivity index (χ2v) is 11.9. The van der Waals surface area contributed by atoms with Gasteiger partial charge < -0.3 is 14.0 Å². The summed E-state index contributed by atoms with van der Waals surface area (Å²) < 4.78 is 39.8. The highest BCUT2D eigenvalue weighted by Crippen LogP contribution is 2.29. The number of benzene rings is 2. The molecule has 1 aliphatic rings. The Morgan fingerprint density at radius 2 is 1.97 bits per heavy atom. The number of carbonyl (C=O) groups is 2. The summed E-state index contributed by atoms with van der Waals surface area (Å²) in [5.74, 6) is -1.07. The number of ether oxygens (including phenoxy) is 2. The summed E-state index contributed by atoms with van der Waals surface area (Å²) in [6.45, 7) is 2.65. The van der Waals surface area contributed by atoms with Crippen molar-refractivity contribution in [2.75, 3.05) is 27.3 Å². The van der Waals surface area contributed by atoms with E-state index in [2.05, 4.69) is 4.99 Å². The average Bonchev–Trinajstić information content (AvgIpc) is 3.50. The van der Waals surface area contributed by atoms with Gasteiger partial charge in [-0.2, -0.15) is 9.30 Å². The van der Waals surface area contributed by atoms with Crippen LogP contribution in [0.5, 0.6) is 0 Å². The highest BCUT2D eigenvalue weighted by molar-refractivity contribution is 7.89. The van der Waals surface area contributed by atoms with Gasteiger partial charge in [-0.3, -0.25) is 9.59 Å². The predicted octanol–water partition coefficient (Wildman–Crippen LogP) is 3.38. The van der Waals surface area contributed by atoms with Crippen molar-refractivity contribution in [3.8, 4) is 0 Å². The molecule has 36 heavy (non-hydrogen) atoms. The van der Waals surface area contributed by atoms with Crippen LogP contribution in [0.2, 0.25) is 5.02 Å². The van der Waals surface area contributed by atoms with E-state index in [9.17, 15) is 18.0 Å². The van der Waals surface area contributed by atoms with Gasteiger partial charge >= 0.3 is 5.97 Å². The van der Waals surface area contributed by atoms with E-state index in [1.54, 1.807) is 10.6 Å². The van der Waals surface area contributed by atoms with Gasteiger partial charge in [0.25, 0.3) is 5.91 Å². The maximum Gasteiger partial charge on any atom is 0.325 e. The minimum atomic E-state index is -3.73. The van der Waals surface area contributed by atoms with Crippen molar-refractivity contribution in [1.82, 2.24) is 8.87 Å². The summed E-state index contributed by atoms with van der Waals surface area (Å²) in [4.78, 5) is 29.6. The number of halogens is 1. The predicted molar refractivity (Wildman–Crippen MR) is 137 cm³/mol. The van der Waals surface area contributed by atoms with Gasteiger partial charge in [0.05, 0.1) is 33.3 Å². The van der Waals surface area contributed by atoms with Crippen molar-refractivity contribution in [2.24, 2.45) is 4.99 Å². The molecule has 3 aromatic rings. The molecule has 12 heteroatoms. The van der Waals surface area contributed by atoms with Gasteiger partial charge in [-0.05, 0) is 55.7 Å². The maximum atomic E-state index is 13.0. The number of carbonyl (C=O) groups excluding carboxylic acids is 2. The molecule has 0 saturated carbocycles. The van der Waals surface area contributed by atoms with Gasteiger partial charge in [0.1, 0.15) is 6.54 Å². The van der Waals surface area contributed by atoms with Gasteiger partial charge in [0.15, 0.2) is 4.80 Å². The number of rotatable bonds is 7. The third kappa shape index (κ3) is 5.40. The van der Waals surface area contributed by atoms with Crippen molar-refractivity contribution >= 4 is 55.1 Å². The SMILES string of the molecule is COC(=O)Cn1c(=NC(=O)c2ccc(S(=O)(=O)N(C)CC3CCCO3)cc2)sc2c(Cl)ccc(C)c21. The number of likely N-dealkylation sites (N-methyl/N-ethyl adjacent to an activating group) is 1. The number of hydrogen-bond donors (Lipinski definition) is 0.